The molecule has 0 aliphatic heterocycles. The largest absolute Gasteiger partial charge is 0.481 e. The molecule has 2 aromatic carbocycles. The van der Waals surface area contributed by atoms with E-state index in [-0.39, 0.29) is 23.8 Å². The number of hydrogen-bond acceptors (Lipinski definition) is 3. The van der Waals surface area contributed by atoms with Crippen LogP contribution in [0.3, 0.4) is 0 Å². The standard InChI is InChI=1S/C15H11FN2O2/c16-13-8-11(9-17)6-7-14(13)20-10-15(19)18-12-4-2-1-3-5-12/h1-8H,10H2,(H,18,19). The van der Waals surface area contributed by atoms with Crippen molar-refractivity contribution < 1.29 is 13.9 Å². The number of nitrogens with one attached hydrogen (secondary N) is 1. The average Bonchev–Trinajstić information content (AvgIpc) is 2.47. The summed E-state index contributed by atoms with van der Waals surface area (Å²) in [5, 5.41) is 11.2. The SMILES string of the molecule is N#Cc1ccc(OCC(=O)Nc2ccccc2)c(F)c1. The summed E-state index contributed by atoms with van der Waals surface area (Å²) in [4.78, 5) is 11.6. The summed E-state index contributed by atoms with van der Waals surface area (Å²) in [6, 6.07) is 14.5. The number of benzene rings is 2. The Bertz CT molecular complexity index is 651. The minimum absolute atomic E-state index is 0.0628. The number of nitriles is 1. The van der Waals surface area contributed by atoms with Crippen molar-refractivity contribution in [2.45, 2.75) is 0 Å². The molecular weight excluding hydrogens is 259 g/mol. The maximum atomic E-state index is 13.5. The summed E-state index contributed by atoms with van der Waals surface area (Å²) in [5.41, 5.74) is 0.838. The Labute approximate surface area is 115 Å². The second-order valence-corrected chi connectivity index (χ2v) is 3.96. The second kappa shape index (κ2) is 6.34. The summed E-state index contributed by atoms with van der Waals surface area (Å²) in [5.74, 6) is -1.12. The molecule has 2 rings (SSSR count). The van der Waals surface area contributed by atoms with Crippen LogP contribution in [0.4, 0.5) is 10.1 Å². The monoisotopic (exact) mass is 270 g/mol. The Balaban J connectivity index is 1.92. The highest BCUT2D eigenvalue weighted by Gasteiger charge is 2.08. The maximum Gasteiger partial charge on any atom is 0.262 e. The van der Waals surface area contributed by atoms with Crippen LogP contribution in [0.1, 0.15) is 5.56 Å². The second-order valence-electron chi connectivity index (χ2n) is 3.96. The van der Waals surface area contributed by atoms with Gasteiger partial charge in [-0.15, -0.1) is 0 Å². The number of carbonyl (C=O) groups excluding carboxylic acids is 1. The molecule has 2 aromatic rings. The number of anilines is 1. The molecule has 100 valence electrons. The van der Waals surface area contributed by atoms with Crippen molar-refractivity contribution in [3.05, 3.63) is 59.9 Å². The van der Waals surface area contributed by atoms with Gasteiger partial charge in [0.05, 0.1) is 11.6 Å². The van der Waals surface area contributed by atoms with Crippen LogP contribution in [0.5, 0.6) is 5.75 Å². The smallest absolute Gasteiger partial charge is 0.262 e. The first kappa shape index (κ1) is 13.6. The first-order chi connectivity index (χ1) is 9.69. The molecule has 0 fully saturated rings. The predicted molar refractivity (Wildman–Crippen MR) is 71.7 cm³/mol. The number of halogens is 1. The third-order valence-corrected chi connectivity index (χ3v) is 2.48. The Morgan fingerprint density at radius 2 is 2.00 bits per heavy atom. The third-order valence-electron chi connectivity index (χ3n) is 2.48. The lowest BCUT2D eigenvalue weighted by Crippen LogP contribution is -2.20. The minimum atomic E-state index is -0.670. The van der Waals surface area contributed by atoms with Crippen molar-refractivity contribution in [1.82, 2.24) is 0 Å². The number of amides is 1. The summed E-state index contributed by atoms with van der Waals surface area (Å²) in [6.07, 6.45) is 0. The molecule has 1 amide bonds. The van der Waals surface area contributed by atoms with Crippen molar-refractivity contribution in [2.24, 2.45) is 0 Å². The number of ether oxygens (including phenoxy) is 1. The van der Waals surface area contributed by atoms with Crippen molar-refractivity contribution in [1.29, 1.82) is 5.26 Å². The molecule has 0 aromatic heterocycles. The summed E-state index contributed by atoms with van der Waals surface area (Å²) < 4.78 is 18.6. The molecular formula is C15H11FN2O2. The zero-order valence-electron chi connectivity index (χ0n) is 10.5. The number of hydrogen-bond donors (Lipinski definition) is 1. The van der Waals surface area contributed by atoms with Gasteiger partial charge < -0.3 is 10.1 Å². The molecule has 1 N–H and O–H groups in total. The Hall–Kier alpha value is -2.87. The third kappa shape index (κ3) is 3.56. The molecule has 0 heterocycles. The number of rotatable bonds is 4. The van der Waals surface area contributed by atoms with E-state index in [1.807, 2.05) is 12.1 Å². The molecule has 0 spiro atoms. The topological polar surface area (TPSA) is 62.1 Å². The lowest BCUT2D eigenvalue weighted by Gasteiger charge is -2.08. The van der Waals surface area contributed by atoms with E-state index >= 15 is 0 Å². The normalized spacial score (nSPS) is 9.60. The van der Waals surface area contributed by atoms with Crippen LogP contribution in [0.25, 0.3) is 0 Å². The fourth-order valence-electron chi connectivity index (χ4n) is 1.55. The molecule has 0 aliphatic rings. The van der Waals surface area contributed by atoms with Gasteiger partial charge in [-0.3, -0.25) is 4.79 Å². The molecule has 0 aliphatic carbocycles. The first-order valence-electron chi connectivity index (χ1n) is 5.86. The molecule has 0 radical (unpaired) electrons. The van der Waals surface area contributed by atoms with Gasteiger partial charge in [0, 0.05) is 5.69 Å². The van der Waals surface area contributed by atoms with Gasteiger partial charge in [0.15, 0.2) is 18.2 Å². The highest BCUT2D eigenvalue weighted by Crippen LogP contribution is 2.18. The minimum Gasteiger partial charge on any atom is -0.481 e. The molecule has 0 bridgehead atoms. The van der Waals surface area contributed by atoms with E-state index in [2.05, 4.69) is 5.32 Å². The van der Waals surface area contributed by atoms with Gasteiger partial charge >= 0.3 is 0 Å². The van der Waals surface area contributed by atoms with E-state index in [4.69, 9.17) is 10.00 Å². The molecule has 0 atom stereocenters. The van der Waals surface area contributed by atoms with E-state index in [1.165, 1.54) is 12.1 Å². The van der Waals surface area contributed by atoms with E-state index in [1.54, 1.807) is 24.3 Å². The molecule has 5 heteroatoms. The van der Waals surface area contributed by atoms with E-state index in [0.29, 0.717) is 5.69 Å². The van der Waals surface area contributed by atoms with E-state index in [9.17, 15) is 9.18 Å². The summed E-state index contributed by atoms with van der Waals surface area (Å²) in [6.45, 7) is -0.308. The van der Waals surface area contributed by atoms with Crippen molar-refractivity contribution in [2.75, 3.05) is 11.9 Å². The fraction of sp³-hybridized carbons (Fsp3) is 0.0667. The summed E-state index contributed by atoms with van der Waals surface area (Å²) >= 11 is 0. The van der Waals surface area contributed by atoms with Gasteiger partial charge in [-0.25, -0.2) is 4.39 Å². The Morgan fingerprint density at radius 1 is 1.25 bits per heavy atom. The highest BCUT2D eigenvalue weighted by atomic mass is 19.1. The van der Waals surface area contributed by atoms with Gasteiger partial charge in [0.2, 0.25) is 0 Å². The van der Waals surface area contributed by atoms with Crippen LogP contribution in [-0.2, 0) is 4.79 Å². The lowest BCUT2D eigenvalue weighted by atomic mass is 10.2. The molecule has 4 nitrogen and oxygen atoms in total. The predicted octanol–water partition coefficient (Wildman–Crippen LogP) is 2.71. The van der Waals surface area contributed by atoms with Gasteiger partial charge in [0.25, 0.3) is 5.91 Å². The van der Waals surface area contributed by atoms with E-state index < -0.39 is 5.82 Å². The quantitative estimate of drug-likeness (QED) is 0.929. The molecule has 0 unspecified atom stereocenters. The maximum absolute atomic E-state index is 13.5. The van der Waals surface area contributed by atoms with Crippen LogP contribution in [0.15, 0.2) is 48.5 Å². The number of carbonyl (C=O) groups is 1. The average molecular weight is 270 g/mol. The molecule has 20 heavy (non-hydrogen) atoms. The molecule has 0 saturated carbocycles. The molecule has 0 saturated heterocycles. The van der Waals surface area contributed by atoms with Gasteiger partial charge in [-0.05, 0) is 30.3 Å². The van der Waals surface area contributed by atoms with Crippen molar-refractivity contribution in [3.8, 4) is 11.8 Å². The van der Waals surface area contributed by atoms with Gasteiger partial charge in [-0.2, -0.15) is 5.26 Å². The fourth-order valence-corrected chi connectivity index (χ4v) is 1.55. The zero-order chi connectivity index (χ0) is 14.4. The van der Waals surface area contributed by atoms with Crippen LogP contribution in [-0.4, -0.2) is 12.5 Å². The Kier molecular flexibility index (Phi) is 4.30. The highest BCUT2D eigenvalue weighted by molar-refractivity contribution is 5.91. The van der Waals surface area contributed by atoms with Gasteiger partial charge in [-0.1, -0.05) is 18.2 Å². The van der Waals surface area contributed by atoms with Crippen LogP contribution in [0, 0.1) is 17.1 Å². The van der Waals surface area contributed by atoms with Gasteiger partial charge in [0.1, 0.15) is 0 Å². The van der Waals surface area contributed by atoms with Crippen molar-refractivity contribution in [3.63, 3.8) is 0 Å². The van der Waals surface area contributed by atoms with Crippen LogP contribution < -0.4 is 10.1 Å². The zero-order valence-corrected chi connectivity index (χ0v) is 10.5. The summed E-state index contributed by atoms with van der Waals surface area (Å²) in [7, 11) is 0. The Morgan fingerprint density at radius 3 is 2.65 bits per heavy atom. The van der Waals surface area contributed by atoms with Crippen LogP contribution >= 0.6 is 0 Å². The number of para-hydroxylation sites is 1. The van der Waals surface area contributed by atoms with E-state index in [0.717, 1.165) is 6.07 Å². The first-order valence-corrected chi connectivity index (χ1v) is 5.86. The van der Waals surface area contributed by atoms with Crippen LogP contribution in [0.2, 0.25) is 0 Å². The number of nitrogens with zero attached hydrogens (tertiary/aromatic N) is 1. The lowest BCUT2D eigenvalue weighted by molar-refractivity contribution is -0.118. The van der Waals surface area contributed by atoms with Crippen molar-refractivity contribution >= 4 is 11.6 Å².